The number of carbonyl (C=O) groups excluding carboxylic acids is 1. The van der Waals surface area contributed by atoms with E-state index in [9.17, 15) is 19.1 Å². The molecule has 0 radical (unpaired) electrons. The number of ether oxygens (including phenoxy) is 2. The standard InChI is InChI=1S/C35H41F3O5/c1-4-6-7-8-9-10-11-12-19-42-31-18-16-27(35(40)41)33(34(31)38)26-15-13-24(21-28(26)36)25-14-17-30(29(37)22-25)43-32(39)20-23(3)5-2/h13-18,21-23H,4-12,19-20H2,1-3H3,(H,40,41)/t23-/m0/s1. The molecule has 0 aliphatic heterocycles. The second kappa shape index (κ2) is 16.7. The Balaban J connectivity index is 1.75. The molecular weight excluding hydrogens is 557 g/mol. The van der Waals surface area contributed by atoms with E-state index in [0.717, 1.165) is 44.2 Å². The number of halogens is 3. The number of hydrogen-bond acceptors (Lipinski definition) is 4. The van der Waals surface area contributed by atoms with Crippen molar-refractivity contribution in [3.63, 3.8) is 0 Å². The second-order valence-corrected chi connectivity index (χ2v) is 11.0. The molecule has 0 aliphatic carbocycles. The van der Waals surface area contributed by atoms with E-state index in [1.54, 1.807) is 0 Å². The summed E-state index contributed by atoms with van der Waals surface area (Å²) in [5, 5.41) is 9.69. The van der Waals surface area contributed by atoms with Gasteiger partial charge in [-0.15, -0.1) is 0 Å². The summed E-state index contributed by atoms with van der Waals surface area (Å²) in [6, 6.07) is 10.1. The highest BCUT2D eigenvalue weighted by Gasteiger charge is 2.23. The topological polar surface area (TPSA) is 72.8 Å². The summed E-state index contributed by atoms with van der Waals surface area (Å²) in [4.78, 5) is 24.0. The Morgan fingerprint density at radius 2 is 1.40 bits per heavy atom. The fourth-order valence-corrected chi connectivity index (χ4v) is 4.78. The summed E-state index contributed by atoms with van der Waals surface area (Å²) in [6.07, 6.45) is 9.67. The maximum Gasteiger partial charge on any atom is 0.336 e. The maximum absolute atomic E-state index is 15.6. The Morgan fingerprint density at radius 3 is 2.00 bits per heavy atom. The number of rotatable bonds is 17. The zero-order valence-electron chi connectivity index (χ0n) is 25.2. The van der Waals surface area contributed by atoms with Crippen LogP contribution in [0.1, 0.15) is 95.3 Å². The molecule has 0 amide bonds. The van der Waals surface area contributed by atoms with E-state index >= 15 is 8.78 Å². The van der Waals surface area contributed by atoms with Crippen molar-refractivity contribution in [1.82, 2.24) is 0 Å². The van der Waals surface area contributed by atoms with Gasteiger partial charge in [-0.25, -0.2) is 18.0 Å². The van der Waals surface area contributed by atoms with Gasteiger partial charge < -0.3 is 14.6 Å². The lowest BCUT2D eigenvalue weighted by Crippen LogP contribution is -2.12. The normalized spacial score (nSPS) is 11.8. The van der Waals surface area contributed by atoms with Crippen LogP contribution in [-0.2, 0) is 4.79 Å². The Labute approximate surface area is 252 Å². The summed E-state index contributed by atoms with van der Waals surface area (Å²) >= 11 is 0. The Hall–Kier alpha value is -3.81. The molecule has 0 aliphatic rings. The fraction of sp³-hybridized carbons (Fsp3) is 0.429. The molecule has 0 fully saturated rings. The van der Waals surface area contributed by atoms with Gasteiger partial charge in [0.15, 0.2) is 23.1 Å². The van der Waals surface area contributed by atoms with Crippen molar-refractivity contribution in [2.75, 3.05) is 6.61 Å². The fourth-order valence-electron chi connectivity index (χ4n) is 4.78. The van der Waals surface area contributed by atoms with E-state index < -0.39 is 40.5 Å². The van der Waals surface area contributed by atoms with Crippen LogP contribution in [0.5, 0.6) is 11.5 Å². The number of carboxylic acids is 1. The molecule has 3 aromatic carbocycles. The van der Waals surface area contributed by atoms with Gasteiger partial charge in [0.1, 0.15) is 5.82 Å². The molecule has 8 heteroatoms. The number of hydrogen-bond donors (Lipinski definition) is 1. The summed E-state index contributed by atoms with van der Waals surface area (Å²) in [7, 11) is 0. The molecule has 0 saturated heterocycles. The van der Waals surface area contributed by atoms with Crippen LogP contribution < -0.4 is 9.47 Å². The SMILES string of the molecule is CCCCCCCCCCOc1ccc(C(=O)O)c(-c2ccc(-c3ccc(OC(=O)C[C@@H](C)CC)c(F)c3)cc2F)c1F. The zero-order chi connectivity index (χ0) is 31.4. The third-order valence-electron chi connectivity index (χ3n) is 7.53. The van der Waals surface area contributed by atoms with Crippen molar-refractivity contribution in [2.45, 2.75) is 85.0 Å². The number of carboxylic acid groups (broad SMARTS) is 1. The predicted molar refractivity (Wildman–Crippen MR) is 162 cm³/mol. The van der Waals surface area contributed by atoms with Gasteiger partial charge in [0, 0.05) is 17.5 Å². The first-order chi connectivity index (χ1) is 20.7. The lowest BCUT2D eigenvalue weighted by molar-refractivity contribution is -0.135. The van der Waals surface area contributed by atoms with Crippen LogP contribution in [-0.4, -0.2) is 23.7 Å². The second-order valence-electron chi connectivity index (χ2n) is 11.0. The van der Waals surface area contributed by atoms with Crippen molar-refractivity contribution < 1.29 is 37.3 Å². The molecule has 0 aromatic heterocycles. The summed E-state index contributed by atoms with van der Waals surface area (Å²) in [5.41, 5.74) is -0.506. The van der Waals surface area contributed by atoms with Crippen molar-refractivity contribution >= 4 is 11.9 Å². The van der Waals surface area contributed by atoms with Gasteiger partial charge >= 0.3 is 11.9 Å². The summed E-state index contributed by atoms with van der Waals surface area (Å²) < 4.78 is 56.5. The highest BCUT2D eigenvalue weighted by atomic mass is 19.1. The van der Waals surface area contributed by atoms with Gasteiger partial charge in [0.25, 0.3) is 0 Å². The highest BCUT2D eigenvalue weighted by Crippen LogP contribution is 2.36. The van der Waals surface area contributed by atoms with Crippen LogP contribution in [0.25, 0.3) is 22.3 Å². The number of carbonyl (C=O) groups is 2. The molecule has 3 rings (SSSR count). The Morgan fingerprint density at radius 1 is 0.791 bits per heavy atom. The van der Waals surface area contributed by atoms with Crippen LogP contribution in [0.15, 0.2) is 48.5 Å². The minimum Gasteiger partial charge on any atom is -0.490 e. The third kappa shape index (κ3) is 9.60. The molecule has 5 nitrogen and oxygen atoms in total. The van der Waals surface area contributed by atoms with Gasteiger partial charge in [-0.2, -0.15) is 0 Å². The summed E-state index contributed by atoms with van der Waals surface area (Å²) in [6.45, 7) is 6.27. The number of aromatic carboxylic acids is 1. The third-order valence-corrected chi connectivity index (χ3v) is 7.53. The molecule has 232 valence electrons. The van der Waals surface area contributed by atoms with Crippen molar-refractivity contribution in [2.24, 2.45) is 5.92 Å². The molecule has 0 spiro atoms. The molecular formula is C35H41F3O5. The quantitative estimate of drug-likeness (QED) is 0.0951. The smallest absolute Gasteiger partial charge is 0.336 e. The predicted octanol–water partition coefficient (Wildman–Crippen LogP) is 10.00. The lowest BCUT2D eigenvalue weighted by atomic mass is 9.95. The van der Waals surface area contributed by atoms with E-state index in [4.69, 9.17) is 9.47 Å². The minimum atomic E-state index is -1.41. The number of esters is 1. The molecule has 3 aromatic rings. The lowest BCUT2D eigenvalue weighted by Gasteiger charge is -2.15. The van der Waals surface area contributed by atoms with Crippen LogP contribution >= 0.6 is 0 Å². The van der Waals surface area contributed by atoms with Crippen LogP contribution in [0.3, 0.4) is 0 Å². The molecule has 0 heterocycles. The van der Waals surface area contributed by atoms with E-state index in [-0.39, 0.29) is 41.6 Å². The molecule has 0 saturated carbocycles. The van der Waals surface area contributed by atoms with Crippen LogP contribution in [0.4, 0.5) is 13.2 Å². The monoisotopic (exact) mass is 598 g/mol. The van der Waals surface area contributed by atoms with Crippen molar-refractivity contribution in [1.29, 1.82) is 0 Å². The van der Waals surface area contributed by atoms with Gasteiger partial charge in [0.2, 0.25) is 0 Å². The minimum absolute atomic E-state index is 0.102. The zero-order valence-corrected chi connectivity index (χ0v) is 25.2. The van der Waals surface area contributed by atoms with E-state index in [2.05, 4.69) is 6.92 Å². The van der Waals surface area contributed by atoms with E-state index in [0.29, 0.717) is 5.56 Å². The van der Waals surface area contributed by atoms with E-state index in [1.807, 2.05) is 13.8 Å². The first-order valence-electron chi connectivity index (χ1n) is 15.1. The molecule has 1 N–H and O–H groups in total. The van der Waals surface area contributed by atoms with Gasteiger partial charge in [0.05, 0.1) is 12.2 Å². The molecule has 43 heavy (non-hydrogen) atoms. The van der Waals surface area contributed by atoms with Crippen molar-refractivity contribution in [3.05, 3.63) is 71.5 Å². The van der Waals surface area contributed by atoms with E-state index in [1.165, 1.54) is 62.1 Å². The first kappa shape index (κ1) is 33.7. The average molecular weight is 599 g/mol. The highest BCUT2D eigenvalue weighted by molar-refractivity contribution is 5.97. The largest absolute Gasteiger partial charge is 0.490 e. The van der Waals surface area contributed by atoms with Gasteiger partial charge in [-0.3, -0.25) is 4.79 Å². The molecule has 0 unspecified atom stereocenters. The number of unbranched alkanes of at least 4 members (excludes halogenated alkanes) is 7. The van der Waals surface area contributed by atoms with Crippen molar-refractivity contribution in [3.8, 4) is 33.8 Å². The van der Waals surface area contributed by atoms with Crippen LogP contribution in [0, 0.1) is 23.4 Å². The Bertz CT molecular complexity index is 1390. The van der Waals surface area contributed by atoms with Gasteiger partial charge in [-0.05, 0) is 53.8 Å². The summed E-state index contributed by atoms with van der Waals surface area (Å²) in [5.74, 6) is -4.86. The first-order valence-corrected chi connectivity index (χ1v) is 15.1. The molecule has 1 atom stereocenters. The number of benzene rings is 3. The van der Waals surface area contributed by atoms with Crippen LogP contribution in [0.2, 0.25) is 0 Å². The van der Waals surface area contributed by atoms with Gasteiger partial charge in [-0.1, -0.05) is 90.3 Å². The molecule has 0 bridgehead atoms. The average Bonchev–Trinajstić information content (AvgIpc) is 2.97. The maximum atomic E-state index is 15.6. The Kier molecular flexibility index (Phi) is 13.1.